The van der Waals surface area contributed by atoms with Gasteiger partial charge in [-0.1, -0.05) is 11.6 Å². The second kappa shape index (κ2) is 6.41. The van der Waals surface area contributed by atoms with Crippen molar-refractivity contribution in [2.24, 2.45) is 0 Å². The molecule has 2 aromatic rings. The number of nitrogens with zero attached hydrogens (tertiary/aromatic N) is 3. The summed E-state index contributed by atoms with van der Waals surface area (Å²) in [5.74, 6) is -0.782. The average Bonchev–Trinajstić information content (AvgIpc) is 2.97. The van der Waals surface area contributed by atoms with Gasteiger partial charge >= 0.3 is 5.97 Å². The van der Waals surface area contributed by atoms with Crippen LogP contribution in [0.5, 0.6) is 0 Å². The largest absolute Gasteiger partial charge is 0.477 e. The van der Waals surface area contributed by atoms with Crippen LogP contribution < -0.4 is 0 Å². The molecule has 1 atom stereocenters. The van der Waals surface area contributed by atoms with E-state index in [2.05, 4.69) is 14.8 Å². The molecule has 0 bridgehead atoms. The van der Waals surface area contributed by atoms with Crippen molar-refractivity contribution < 1.29 is 14.7 Å². The molecule has 4 rings (SSSR count). The first kappa shape index (κ1) is 17.1. The van der Waals surface area contributed by atoms with Crippen LogP contribution in [0, 0.1) is 6.92 Å². The molecule has 7 heteroatoms. The maximum absolute atomic E-state index is 12.5. The summed E-state index contributed by atoms with van der Waals surface area (Å²) >= 11 is 0. The number of carbonyl (C=O) groups excluding carboxylic acids is 1. The summed E-state index contributed by atoms with van der Waals surface area (Å²) in [6.45, 7) is 6.55. The van der Waals surface area contributed by atoms with Crippen LogP contribution in [-0.4, -0.2) is 82.5 Å². The number of aryl methyl sites for hydroxylation is 1. The molecule has 2 N–H and O–H groups in total. The number of rotatable bonds is 3. The molecule has 3 heterocycles. The molecular formula is C19H24N4O3. The Kier molecular flexibility index (Phi) is 4.20. The van der Waals surface area contributed by atoms with Crippen LogP contribution in [0.3, 0.4) is 0 Å². The maximum atomic E-state index is 12.5. The van der Waals surface area contributed by atoms with Gasteiger partial charge < -0.3 is 15.0 Å². The van der Waals surface area contributed by atoms with E-state index in [9.17, 15) is 14.7 Å². The molecule has 1 amide bonds. The van der Waals surface area contributed by atoms with Gasteiger partial charge in [0.1, 0.15) is 11.7 Å². The van der Waals surface area contributed by atoms with E-state index in [1.165, 1.54) is 0 Å². The Hall–Kier alpha value is -2.38. The lowest BCUT2D eigenvalue weighted by molar-refractivity contribution is -0.143. The van der Waals surface area contributed by atoms with Crippen LogP contribution in [0.25, 0.3) is 10.9 Å². The number of likely N-dealkylation sites (N-methyl/N-ethyl adjacent to an activating group) is 1. The lowest BCUT2D eigenvalue weighted by atomic mass is 10.0. The third-order valence-corrected chi connectivity index (χ3v) is 5.62. The number of hydrogen-bond acceptors (Lipinski definition) is 4. The van der Waals surface area contributed by atoms with Crippen molar-refractivity contribution in [3.63, 3.8) is 0 Å². The lowest BCUT2D eigenvalue weighted by Crippen LogP contribution is -2.63. The van der Waals surface area contributed by atoms with E-state index in [4.69, 9.17) is 0 Å². The number of fused-ring (bicyclic) bond motifs is 2. The Morgan fingerprint density at radius 2 is 2.04 bits per heavy atom. The predicted octanol–water partition coefficient (Wildman–Crippen LogP) is 1.13. The number of benzene rings is 1. The van der Waals surface area contributed by atoms with Crippen molar-refractivity contribution in [1.82, 2.24) is 19.7 Å². The number of aromatic amines is 1. The quantitative estimate of drug-likeness (QED) is 0.862. The zero-order valence-corrected chi connectivity index (χ0v) is 15.2. The van der Waals surface area contributed by atoms with Crippen molar-refractivity contribution in [3.05, 3.63) is 35.0 Å². The van der Waals surface area contributed by atoms with Gasteiger partial charge in [-0.05, 0) is 19.1 Å². The summed E-state index contributed by atoms with van der Waals surface area (Å²) in [4.78, 5) is 33.5. The minimum absolute atomic E-state index is 0.122. The molecule has 1 unspecified atom stereocenters. The number of H-pyrrole nitrogens is 1. The van der Waals surface area contributed by atoms with E-state index in [0.717, 1.165) is 48.2 Å². The fourth-order valence-electron chi connectivity index (χ4n) is 4.10. The Morgan fingerprint density at radius 1 is 1.27 bits per heavy atom. The number of carboxylic acid groups (broad SMARTS) is 1. The van der Waals surface area contributed by atoms with E-state index in [0.29, 0.717) is 13.1 Å². The molecule has 138 valence electrons. The average molecular weight is 356 g/mol. The molecule has 1 aromatic heterocycles. The third-order valence-electron chi connectivity index (χ3n) is 5.62. The van der Waals surface area contributed by atoms with Gasteiger partial charge in [0.15, 0.2) is 0 Å². The molecule has 0 spiro atoms. The van der Waals surface area contributed by atoms with Crippen molar-refractivity contribution in [2.75, 3.05) is 39.8 Å². The summed E-state index contributed by atoms with van der Waals surface area (Å²) in [7, 11) is 1.85. The monoisotopic (exact) mass is 356 g/mol. The zero-order chi connectivity index (χ0) is 18.4. The fraction of sp³-hybridized carbons (Fsp3) is 0.474. The first-order valence-electron chi connectivity index (χ1n) is 9.00. The number of piperazine rings is 2. The molecule has 0 radical (unpaired) electrons. The number of carboxylic acids is 1. The number of aromatic nitrogens is 1. The Labute approximate surface area is 152 Å². The van der Waals surface area contributed by atoms with E-state index < -0.39 is 5.97 Å². The molecule has 7 nitrogen and oxygen atoms in total. The molecular weight excluding hydrogens is 332 g/mol. The second-order valence-corrected chi connectivity index (χ2v) is 7.38. The fourth-order valence-corrected chi connectivity index (χ4v) is 4.10. The summed E-state index contributed by atoms with van der Waals surface area (Å²) in [5, 5.41) is 10.6. The van der Waals surface area contributed by atoms with Gasteiger partial charge in [0.25, 0.3) is 0 Å². The van der Waals surface area contributed by atoms with Gasteiger partial charge in [-0.15, -0.1) is 0 Å². The molecule has 26 heavy (non-hydrogen) atoms. The van der Waals surface area contributed by atoms with Crippen molar-refractivity contribution in [1.29, 1.82) is 0 Å². The predicted molar refractivity (Wildman–Crippen MR) is 98.3 cm³/mol. The molecule has 0 saturated carbocycles. The molecule has 2 aliphatic heterocycles. The highest BCUT2D eigenvalue weighted by Crippen LogP contribution is 2.27. The molecule has 2 aliphatic rings. The third kappa shape index (κ3) is 2.87. The zero-order valence-electron chi connectivity index (χ0n) is 15.2. The minimum Gasteiger partial charge on any atom is -0.477 e. The van der Waals surface area contributed by atoms with Crippen LogP contribution in [0.15, 0.2) is 18.2 Å². The van der Waals surface area contributed by atoms with Gasteiger partial charge in [0, 0.05) is 62.8 Å². The van der Waals surface area contributed by atoms with Crippen LogP contribution >= 0.6 is 0 Å². The highest BCUT2D eigenvalue weighted by Gasteiger charge is 2.37. The summed E-state index contributed by atoms with van der Waals surface area (Å²) in [5.41, 5.74) is 3.00. The number of carbonyl (C=O) groups is 2. The first-order valence-corrected chi connectivity index (χ1v) is 9.00. The SMILES string of the molecule is Cc1ccc2[nH]c(C(=O)O)c(CN3CCN4CCN(C)C(=O)C4C3)c2c1. The number of amides is 1. The molecule has 2 fully saturated rings. The summed E-state index contributed by atoms with van der Waals surface area (Å²) in [6, 6.07) is 5.81. The Morgan fingerprint density at radius 3 is 2.81 bits per heavy atom. The summed E-state index contributed by atoms with van der Waals surface area (Å²) in [6.07, 6.45) is 0. The normalized spacial score (nSPS) is 22.0. The smallest absolute Gasteiger partial charge is 0.352 e. The van der Waals surface area contributed by atoms with E-state index >= 15 is 0 Å². The second-order valence-electron chi connectivity index (χ2n) is 7.38. The van der Waals surface area contributed by atoms with Gasteiger partial charge in [0.2, 0.25) is 5.91 Å². The highest BCUT2D eigenvalue weighted by molar-refractivity contribution is 5.97. The maximum Gasteiger partial charge on any atom is 0.352 e. The number of nitrogens with one attached hydrogen (secondary N) is 1. The lowest BCUT2D eigenvalue weighted by Gasteiger charge is -2.45. The molecule has 2 saturated heterocycles. The Bertz CT molecular complexity index is 875. The standard InChI is InChI=1S/C19H24N4O3/c1-12-3-4-15-13(9-12)14(17(20-15)19(25)26)10-22-6-8-23-7-5-21(2)18(24)16(23)11-22/h3-4,9,16,20H,5-8,10-11H2,1-2H3,(H,25,26). The van der Waals surface area contributed by atoms with Crippen molar-refractivity contribution in [2.45, 2.75) is 19.5 Å². The van der Waals surface area contributed by atoms with E-state index in [-0.39, 0.29) is 17.6 Å². The van der Waals surface area contributed by atoms with Crippen LogP contribution in [-0.2, 0) is 11.3 Å². The topological polar surface area (TPSA) is 79.9 Å². The van der Waals surface area contributed by atoms with Crippen molar-refractivity contribution >= 4 is 22.8 Å². The van der Waals surface area contributed by atoms with Crippen LogP contribution in [0.1, 0.15) is 21.6 Å². The van der Waals surface area contributed by atoms with Gasteiger partial charge in [0.05, 0.1) is 0 Å². The van der Waals surface area contributed by atoms with Crippen molar-refractivity contribution in [3.8, 4) is 0 Å². The molecule has 1 aromatic carbocycles. The first-order chi connectivity index (χ1) is 12.4. The van der Waals surface area contributed by atoms with Gasteiger partial charge in [-0.2, -0.15) is 0 Å². The number of aromatic carboxylic acids is 1. The van der Waals surface area contributed by atoms with Crippen LogP contribution in [0.4, 0.5) is 0 Å². The van der Waals surface area contributed by atoms with E-state index in [1.807, 2.05) is 32.2 Å². The Balaban J connectivity index is 1.63. The number of hydrogen-bond donors (Lipinski definition) is 2. The summed E-state index contributed by atoms with van der Waals surface area (Å²) < 4.78 is 0. The van der Waals surface area contributed by atoms with Gasteiger partial charge in [-0.3, -0.25) is 14.6 Å². The van der Waals surface area contributed by atoms with E-state index in [1.54, 1.807) is 4.90 Å². The molecule has 0 aliphatic carbocycles. The van der Waals surface area contributed by atoms with Gasteiger partial charge in [-0.25, -0.2) is 4.79 Å². The van der Waals surface area contributed by atoms with Crippen LogP contribution in [0.2, 0.25) is 0 Å². The minimum atomic E-state index is -0.944. The highest BCUT2D eigenvalue weighted by atomic mass is 16.4.